The highest BCUT2D eigenvalue weighted by Crippen LogP contribution is 2.36. The number of halogens is 6. The average molecular weight is 688 g/mol. The van der Waals surface area contributed by atoms with Crippen molar-refractivity contribution in [1.82, 2.24) is 0 Å². The highest BCUT2D eigenvalue weighted by molar-refractivity contribution is 9.13. The van der Waals surface area contributed by atoms with Crippen LogP contribution in [0.15, 0.2) is 51.1 Å². The molecule has 0 unspecified atom stereocenters. The third kappa shape index (κ3) is 4.80. The molecule has 0 saturated heterocycles. The predicted octanol–water partition coefficient (Wildman–Crippen LogP) is 7.84. The van der Waals surface area contributed by atoms with Crippen molar-refractivity contribution in [3.8, 4) is 11.5 Å². The van der Waals surface area contributed by atoms with Crippen LogP contribution in [0.1, 0.15) is 0 Å². The first-order valence-corrected chi connectivity index (χ1v) is 10.2. The van der Waals surface area contributed by atoms with Crippen LogP contribution in [0.5, 0.6) is 11.5 Å². The van der Waals surface area contributed by atoms with Crippen LogP contribution in [0.3, 0.4) is 0 Å². The van der Waals surface area contributed by atoms with E-state index in [1.165, 1.54) is 0 Å². The van der Waals surface area contributed by atoms with Gasteiger partial charge >= 0.3 is 6.16 Å². The van der Waals surface area contributed by atoms with Crippen molar-refractivity contribution >= 4 is 102 Å². The third-order valence-electron chi connectivity index (χ3n) is 2.34. The Morgan fingerprint density at radius 1 is 0.591 bits per heavy atom. The Hall–Kier alpha value is 0.590. The summed E-state index contributed by atoms with van der Waals surface area (Å²) in [6.07, 6.45) is -0.843. The van der Waals surface area contributed by atoms with Crippen molar-refractivity contribution in [3.63, 3.8) is 0 Å². The molecule has 22 heavy (non-hydrogen) atoms. The van der Waals surface area contributed by atoms with Crippen LogP contribution in [-0.4, -0.2) is 6.16 Å². The maximum absolute atomic E-state index is 11.9. The van der Waals surface area contributed by atoms with E-state index in [0.29, 0.717) is 20.4 Å². The fourth-order valence-electron chi connectivity index (χ4n) is 1.37. The lowest BCUT2D eigenvalue weighted by molar-refractivity contribution is 0.151. The zero-order valence-corrected chi connectivity index (χ0v) is 19.8. The number of hydrogen-bond donors (Lipinski definition) is 0. The average Bonchev–Trinajstić information content (AvgIpc) is 2.42. The van der Waals surface area contributed by atoms with Gasteiger partial charge in [-0.15, -0.1) is 0 Å². The van der Waals surface area contributed by atoms with E-state index < -0.39 is 6.16 Å². The molecule has 2 rings (SSSR count). The molecule has 2 aromatic rings. The molecule has 0 aromatic heterocycles. The van der Waals surface area contributed by atoms with Crippen LogP contribution in [0.2, 0.25) is 0 Å². The van der Waals surface area contributed by atoms with Gasteiger partial charge in [0.05, 0.1) is 8.95 Å². The number of carbonyl (C=O) groups excluding carboxylic acids is 1. The lowest BCUT2D eigenvalue weighted by Crippen LogP contribution is -2.14. The van der Waals surface area contributed by atoms with Crippen LogP contribution in [0.4, 0.5) is 4.79 Å². The molecule has 9 heteroatoms. The van der Waals surface area contributed by atoms with Gasteiger partial charge in [0.15, 0.2) is 0 Å². The van der Waals surface area contributed by atoms with Gasteiger partial charge in [-0.2, -0.15) is 0 Å². The molecule has 0 heterocycles. The Kier molecular flexibility index (Phi) is 6.98. The van der Waals surface area contributed by atoms with Crippen LogP contribution >= 0.6 is 95.6 Å². The number of carbonyl (C=O) groups is 1. The molecule has 0 fully saturated rings. The second-order valence-electron chi connectivity index (χ2n) is 3.85. The molecule has 0 amide bonds. The standard InChI is InChI=1S/C13H4Br6O3/c14-5-1-9(18)11(3-7(5)16)21-13(20)22-12-4-8(17)6(15)2-10(12)19/h1-4H. The number of rotatable bonds is 2. The summed E-state index contributed by atoms with van der Waals surface area (Å²) in [5, 5.41) is 0. The molecule has 0 bridgehead atoms. The number of hydrogen-bond acceptors (Lipinski definition) is 3. The highest BCUT2D eigenvalue weighted by Gasteiger charge is 2.15. The molecule has 0 aliphatic carbocycles. The molecule has 0 aliphatic heterocycles. The van der Waals surface area contributed by atoms with Gasteiger partial charge in [0.25, 0.3) is 0 Å². The summed E-state index contributed by atoms with van der Waals surface area (Å²) in [6, 6.07) is 6.83. The number of benzene rings is 2. The molecule has 0 N–H and O–H groups in total. The second kappa shape index (κ2) is 8.11. The minimum Gasteiger partial charge on any atom is -0.393 e. The first-order valence-electron chi connectivity index (χ1n) is 5.46. The first-order chi connectivity index (χ1) is 10.3. The van der Waals surface area contributed by atoms with Crippen molar-refractivity contribution in [2.45, 2.75) is 0 Å². The van der Waals surface area contributed by atoms with Gasteiger partial charge in [-0.05, 0) is 120 Å². The van der Waals surface area contributed by atoms with E-state index in [4.69, 9.17) is 9.47 Å². The lowest BCUT2D eigenvalue weighted by Gasteiger charge is -2.10. The summed E-state index contributed by atoms with van der Waals surface area (Å²) in [5.41, 5.74) is 0. The number of ether oxygens (including phenoxy) is 2. The Bertz CT molecular complexity index is 686. The molecular formula is C13H4Br6O3. The quantitative estimate of drug-likeness (QED) is 0.184. The molecule has 0 atom stereocenters. The van der Waals surface area contributed by atoms with Gasteiger partial charge < -0.3 is 9.47 Å². The van der Waals surface area contributed by atoms with Gasteiger partial charge in [0.2, 0.25) is 0 Å². The van der Waals surface area contributed by atoms with Gasteiger partial charge in [-0.3, -0.25) is 0 Å². The summed E-state index contributed by atoms with van der Waals surface area (Å²) in [5.74, 6) is 0.680. The predicted molar refractivity (Wildman–Crippen MR) is 106 cm³/mol. The van der Waals surface area contributed by atoms with Crippen molar-refractivity contribution in [1.29, 1.82) is 0 Å². The van der Waals surface area contributed by atoms with E-state index in [-0.39, 0.29) is 0 Å². The van der Waals surface area contributed by atoms with E-state index in [2.05, 4.69) is 95.6 Å². The monoisotopic (exact) mass is 682 g/mol. The largest absolute Gasteiger partial charge is 0.519 e. The van der Waals surface area contributed by atoms with Crippen LogP contribution < -0.4 is 9.47 Å². The molecular weight excluding hydrogens is 684 g/mol. The lowest BCUT2D eigenvalue weighted by atomic mass is 10.3. The maximum atomic E-state index is 11.9. The van der Waals surface area contributed by atoms with Gasteiger partial charge in [-0.25, -0.2) is 4.79 Å². The van der Waals surface area contributed by atoms with Gasteiger partial charge in [0, 0.05) is 17.9 Å². The molecule has 2 aromatic carbocycles. The molecule has 0 spiro atoms. The maximum Gasteiger partial charge on any atom is 0.519 e. The SMILES string of the molecule is O=C(Oc1cc(Br)c(Br)cc1Br)Oc1cc(Br)c(Br)cc1Br. The smallest absolute Gasteiger partial charge is 0.393 e. The van der Waals surface area contributed by atoms with Gasteiger partial charge in [0.1, 0.15) is 11.5 Å². The zero-order chi connectivity index (χ0) is 16.4. The fourth-order valence-corrected chi connectivity index (χ4v) is 4.16. The van der Waals surface area contributed by atoms with Gasteiger partial charge in [-0.1, -0.05) is 0 Å². The molecule has 3 nitrogen and oxygen atoms in total. The van der Waals surface area contributed by atoms with E-state index in [1.807, 2.05) is 0 Å². The molecule has 0 aliphatic rings. The summed E-state index contributed by atoms with van der Waals surface area (Å²) < 4.78 is 14.8. The molecule has 116 valence electrons. The summed E-state index contributed by atoms with van der Waals surface area (Å²) in [4.78, 5) is 11.9. The fraction of sp³-hybridized carbons (Fsp3) is 0. The molecule has 0 saturated carbocycles. The third-order valence-corrected chi connectivity index (χ3v) is 7.26. The minimum atomic E-state index is -0.843. The second-order valence-corrected chi connectivity index (χ2v) is 8.97. The molecule has 0 radical (unpaired) electrons. The minimum absolute atomic E-state index is 0.340. The van der Waals surface area contributed by atoms with Crippen molar-refractivity contribution in [3.05, 3.63) is 51.1 Å². The van der Waals surface area contributed by atoms with Crippen LogP contribution in [0.25, 0.3) is 0 Å². The van der Waals surface area contributed by atoms with E-state index in [9.17, 15) is 4.79 Å². The summed E-state index contributed by atoms with van der Waals surface area (Å²) >= 11 is 20.1. The van der Waals surface area contributed by atoms with E-state index >= 15 is 0 Å². The van der Waals surface area contributed by atoms with Crippen LogP contribution in [0, 0.1) is 0 Å². The normalized spacial score (nSPS) is 10.5. The Labute approximate surface area is 176 Å². The topological polar surface area (TPSA) is 35.5 Å². The summed E-state index contributed by atoms with van der Waals surface area (Å²) in [6.45, 7) is 0. The van der Waals surface area contributed by atoms with Crippen molar-refractivity contribution in [2.24, 2.45) is 0 Å². The van der Waals surface area contributed by atoms with Crippen LogP contribution in [-0.2, 0) is 0 Å². The van der Waals surface area contributed by atoms with E-state index in [1.54, 1.807) is 24.3 Å². The first kappa shape index (κ1) is 18.9. The van der Waals surface area contributed by atoms with E-state index in [0.717, 1.165) is 17.9 Å². The van der Waals surface area contributed by atoms with Crippen molar-refractivity contribution < 1.29 is 14.3 Å². The highest BCUT2D eigenvalue weighted by atomic mass is 79.9. The Morgan fingerprint density at radius 2 is 0.909 bits per heavy atom. The Morgan fingerprint density at radius 3 is 1.27 bits per heavy atom. The summed E-state index contributed by atoms with van der Waals surface area (Å²) in [7, 11) is 0. The zero-order valence-electron chi connectivity index (χ0n) is 10.3. The van der Waals surface area contributed by atoms with Crippen molar-refractivity contribution in [2.75, 3.05) is 0 Å². The Balaban J connectivity index is 2.17.